The van der Waals surface area contributed by atoms with Gasteiger partial charge in [-0.1, -0.05) is 29.8 Å². The van der Waals surface area contributed by atoms with Crippen molar-refractivity contribution in [3.8, 4) is 0 Å². The van der Waals surface area contributed by atoms with E-state index in [4.69, 9.17) is 16.7 Å². The first-order chi connectivity index (χ1) is 11.9. The topological polar surface area (TPSA) is 136 Å². The summed E-state index contributed by atoms with van der Waals surface area (Å²) in [6.45, 7) is 0.270. The number of halogens is 1. The highest BCUT2D eigenvalue weighted by Crippen LogP contribution is 2.28. The van der Waals surface area contributed by atoms with Crippen molar-refractivity contribution in [1.29, 1.82) is 0 Å². The summed E-state index contributed by atoms with van der Waals surface area (Å²) < 4.78 is 0. The Bertz CT molecular complexity index is 754. The van der Waals surface area contributed by atoms with Gasteiger partial charge in [-0.25, -0.2) is 0 Å². The fourth-order valence-corrected chi connectivity index (χ4v) is 1.80. The molecule has 0 radical (unpaired) electrons. The van der Waals surface area contributed by atoms with Gasteiger partial charge < -0.3 is 10.4 Å². The third-order valence-electron chi connectivity index (χ3n) is 2.77. The molecule has 0 aliphatic carbocycles. The Morgan fingerprint density at radius 1 is 1.08 bits per heavy atom. The Hall–Kier alpha value is -3.04. The van der Waals surface area contributed by atoms with Crippen molar-refractivity contribution < 1.29 is 19.7 Å². The average Bonchev–Trinajstić information content (AvgIpc) is 2.61. The van der Waals surface area contributed by atoms with Crippen LogP contribution in [0.5, 0.6) is 0 Å². The number of nitro benzene ring substituents is 2. The van der Waals surface area contributed by atoms with Gasteiger partial charge in [-0.15, -0.1) is 0 Å². The first-order valence-electron chi connectivity index (χ1n) is 6.89. The minimum atomic E-state index is -0.769. The van der Waals surface area contributed by atoms with Crippen LogP contribution in [0.4, 0.5) is 11.4 Å². The molecule has 9 nitrogen and oxygen atoms in total. The van der Waals surface area contributed by atoms with Crippen LogP contribution in [0.15, 0.2) is 48.5 Å². The quantitative estimate of drug-likeness (QED) is 0.615. The fourth-order valence-electron chi connectivity index (χ4n) is 1.62. The highest BCUT2D eigenvalue weighted by Gasteiger charge is 2.17. The van der Waals surface area contributed by atoms with Crippen LogP contribution in [0.2, 0.25) is 5.02 Å². The van der Waals surface area contributed by atoms with Crippen LogP contribution in [-0.4, -0.2) is 34.0 Å². The van der Waals surface area contributed by atoms with E-state index in [1.165, 1.54) is 0 Å². The molecule has 0 heterocycles. The van der Waals surface area contributed by atoms with Gasteiger partial charge in [-0.05, 0) is 18.2 Å². The van der Waals surface area contributed by atoms with Crippen molar-refractivity contribution in [3.05, 3.63) is 79.3 Å². The Morgan fingerprint density at radius 3 is 2.24 bits per heavy atom. The van der Waals surface area contributed by atoms with Crippen LogP contribution in [0.25, 0.3) is 0 Å². The Morgan fingerprint density at radius 2 is 1.72 bits per heavy atom. The van der Waals surface area contributed by atoms with E-state index < -0.39 is 15.5 Å². The highest BCUT2D eigenvalue weighted by molar-refractivity contribution is 6.32. The van der Waals surface area contributed by atoms with E-state index in [2.05, 4.69) is 5.32 Å². The normalized spacial score (nSPS) is 9.52. The number of nitrogens with zero attached hydrogens (tertiary/aromatic N) is 2. The van der Waals surface area contributed by atoms with E-state index in [-0.39, 0.29) is 23.2 Å². The molecular weight excluding hydrogens is 354 g/mol. The molecule has 0 bridgehead atoms. The number of aliphatic hydroxyl groups is 1. The summed E-state index contributed by atoms with van der Waals surface area (Å²) in [7, 11) is 0. The van der Waals surface area contributed by atoms with Crippen molar-refractivity contribution in [3.63, 3.8) is 0 Å². The second-order valence-electron chi connectivity index (χ2n) is 4.50. The predicted octanol–water partition coefficient (Wildman–Crippen LogP) is 2.57. The van der Waals surface area contributed by atoms with E-state index in [0.717, 1.165) is 18.2 Å². The molecule has 0 spiro atoms. The summed E-state index contributed by atoms with van der Waals surface area (Å²) in [5.41, 5.74) is -0.196. The maximum atomic E-state index is 11.2. The summed E-state index contributed by atoms with van der Waals surface area (Å²) in [4.78, 5) is 30.2. The van der Waals surface area contributed by atoms with Crippen LogP contribution in [-0.2, 0) is 0 Å². The number of nitro groups is 2. The molecule has 1 amide bonds. The Balaban J connectivity index is 0.000000251. The third-order valence-corrected chi connectivity index (χ3v) is 3.09. The zero-order chi connectivity index (χ0) is 18.8. The van der Waals surface area contributed by atoms with E-state index in [1.807, 2.05) is 6.07 Å². The van der Waals surface area contributed by atoms with E-state index in [0.29, 0.717) is 12.1 Å². The number of carbonyl (C=O) groups excluding carboxylic acids is 1. The van der Waals surface area contributed by atoms with E-state index in [1.54, 1.807) is 24.3 Å². The van der Waals surface area contributed by atoms with Crippen LogP contribution in [0.3, 0.4) is 0 Å². The second-order valence-corrected chi connectivity index (χ2v) is 4.90. The van der Waals surface area contributed by atoms with Gasteiger partial charge in [0.05, 0.1) is 22.5 Å². The molecule has 0 aliphatic rings. The molecular formula is C15H14ClN3O6. The number of aliphatic hydroxyl groups excluding tert-OH is 1. The van der Waals surface area contributed by atoms with Gasteiger partial charge in [0.25, 0.3) is 17.3 Å². The van der Waals surface area contributed by atoms with Gasteiger partial charge >= 0.3 is 0 Å². The smallest absolute Gasteiger partial charge is 0.294 e. The fraction of sp³-hybridized carbons (Fsp3) is 0.133. The SMILES string of the molecule is O=C(NCCO)c1ccccc1.O=[N+]([O-])c1ccc(Cl)c([N+](=O)[O-])c1. The zero-order valence-corrected chi connectivity index (χ0v) is 13.5. The number of amides is 1. The number of hydrogen-bond donors (Lipinski definition) is 2. The standard InChI is InChI=1S/C9H11NO2.C6H3ClN2O4/c11-7-6-10-9(12)8-4-2-1-3-5-8;7-5-2-1-4(8(10)11)3-6(5)9(12)13/h1-5,11H,6-7H2,(H,10,12);1-3H. The summed E-state index contributed by atoms with van der Waals surface area (Å²) in [5, 5.41) is 31.4. The molecule has 2 N–H and O–H groups in total. The molecule has 2 rings (SSSR count). The summed E-state index contributed by atoms with van der Waals surface area (Å²) in [5.74, 6) is -0.148. The molecule has 2 aromatic carbocycles. The van der Waals surface area contributed by atoms with Gasteiger partial charge in [0, 0.05) is 18.2 Å². The molecule has 132 valence electrons. The monoisotopic (exact) mass is 367 g/mol. The molecule has 0 saturated carbocycles. The molecule has 0 saturated heterocycles. The second kappa shape index (κ2) is 9.96. The van der Waals surface area contributed by atoms with Crippen molar-refractivity contribution in [1.82, 2.24) is 5.32 Å². The highest BCUT2D eigenvalue weighted by atomic mass is 35.5. The number of carbonyl (C=O) groups is 1. The lowest BCUT2D eigenvalue weighted by Gasteiger charge is -2.01. The van der Waals surface area contributed by atoms with Gasteiger partial charge in [0.15, 0.2) is 0 Å². The van der Waals surface area contributed by atoms with Gasteiger partial charge in [-0.2, -0.15) is 0 Å². The number of hydrogen-bond acceptors (Lipinski definition) is 6. The van der Waals surface area contributed by atoms with Gasteiger partial charge in [0.2, 0.25) is 0 Å². The minimum Gasteiger partial charge on any atom is -0.395 e. The van der Waals surface area contributed by atoms with Crippen molar-refractivity contribution in [2.45, 2.75) is 0 Å². The van der Waals surface area contributed by atoms with Crippen molar-refractivity contribution in [2.75, 3.05) is 13.2 Å². The molecule has 0 aliphatic heterocycles. The largest absolute Gasteiger partial charge is 0.395 e. The predicted molar refractivity (Wildman–Crippen MR) is 90.6 cm³/mol. The lowest BCUT2D eigenvalue weighted by molar-refractivity contribution is -0.394. The van der Waals surface area contributed by atoms with Gasteiger partial charge in [0.1, 0.15) is 5.02 Å². The lowest BCUT2D eigenvalue weighted by atomic mass is 10.2. The maximum absolute atomic E-state index is 11.2. The van der Waals surface area contributed by atoms with Crippen molar-refractivity contribution in [2.24, 2.45) is 0 Å². The van der Waals surface area contributed by atoms with Crippen molar-refractivity contribution >= 4 is 28.9 Å². The Kier molecular flexibility index (Phi) is 7.97. The summed E-state index contributed by atoms with van der Waals surface area (Å²) >= 11 is 5.43. The van der Waals surface area contributed by atoms with Gasteiger partial charge in [-0.3, -0.25) is 25.0 Å². The molecule has 0 fully saturated rings. The molecule has 0 atom stereocenters. The first-order valence-corrected chi connectivity index (χ1v) is 7.27. The number of nitrogens with one attached hydrogen (secondary N) is 1. The van der Waals surface area contributed by atoms with E-state index >= 15 is 0 Å². The number of non-ortho nitro benzene ring substituents is 1. The lowest BCUT2D eigenvalue weighted by Crippen LogP contribution is -2.26. The molecule has 25 heavy (non-hydrogen) atoms. The third kappa shape index (κ3) is 6.53. The number of benzene rings is 2. The zero-order valence-electron chi connectivity index (χ0n) is 12.8. The van der Waals surface area contributed by atoms with Crippen LogP contribution in [0.1, 0.15) is 10.4 Å². The van der Waals surface area contributed by atoms with Crippen LogP contribution >= 0.6 is 11.6 Å². The molecule has 2 aromatic rings. The average molecular weight is 368 g/mol. The summed E-state index contributed by atoms with van der Waals surface area (Å²) in [6.07, 6.45) is 0. The van der Waals surface area contributed by atoms with Crippen LogP contribution in [0, 0.1) is 20.2 Å². The Labute approximate surface area is 147 Å². The minimum absolute atomic E-state index is 0.0292. The first kappa shape index (κ1) is 20.0. The summed E-state index contributed by atoms with van der Waals surface area (Å²) in [6, 6.07) is 12.0. The molecule has 10 heteroatoms. The molecule has 0 aromatic heterocycles. The van der Waals surface area contributed by atoms with Crippen LogP contribution < -0.4 is 5.32 Å². The molecule has 0 unspecified atom stereocenters. The van der Waals surface area contributed by atoms with E-state index in [9.17, 15) is 25.0 Å². The number of rotatable bonds is 5. The maximum Gasteiger partial charge on any atom is 0.294 e.